The zero-order valence-electron chi connectivity index (χ0n) is 11.3. The third-order valence-corrected chi connectivity index (χ3v) is 3.40. The summed E-state index contributed by atoms with van der Waals surface area (Å²) in [6.07, 6.45) is 1.78. The fraction of sp³-hybridized carbons (Fsp3) is 0.333. The van der Waals surface area contributed by atoms with Gasteiger partial charge < -0.3 is 14.7 Å². The van der Waals surface area contributed by atoms with Crippen LogP contribution >= 0.6 is 0 Å². The van der Waals surface area contributed by atoms with Crippen LogP contribution in [0.15, 0.2) is 30.9 Å². The Kier molecular flexibility index (Phi) is 4.08. The molecule has 0 saturated heterocycles. The summed E-state index contributed by atoms with van der Waals surface area (Å²) in [5.41, 5.74) is 2.22. The zero-order chi connectivity index (χ0) is 14.7. The van der Waals surface area contributed by atoms with Crippen molar-refractivity contribution in [3.05, 3.63) is 47.5 Å². The highest BCUT2D eigenvalue weighted by Gasteiger charge is 2.28. The van der Waals surface area contributed by atoms with Crippen molar-refractivity contribution in [1.29, 1.82) is 0 Å². The van der Waals surface area contributed by atoms with Crippen LogP contribution in [-0.2, 0) is 17.7 Å². The number of carboxylic acids is 1. The minimum Gasteiger partial charge on any atom is -0.478 e. The Morgan fingerprint density at radius 1 is 1.50 bits per heavy atom. The van der Waals surface area contributed by atoms with E-state index in [4.69, 9.17) is 9.84 Å². The quantitative estimate of drug-likeness (QED) is 0.860. The van der Waals surface area contributed by atoms with Gasteiger partial charge in [-0.2, -0.15) is 0 Å². The van der Waals surface area contributed by atoms with Gasteiger partial charge in [0, 0.05) is 12.6 Å². The molecule has 1 heterocycles. The maximum absolute atomic E-state index is 11.9. The largest absolute Gasteiger partial charge is 0.478 e. The number of amides is 1. The smallest absolute Gasteiger partial charge is 0.410 e. The Hall–Kier alpha value is -2.30. The Morgan fingerprint density at radius 2 is 2.25 bits per heavy atom. The minimum absolute atomic E-state index is 0.0242. The molecule has 1 aliphatic heterocycles. The summed E-state index contributed by atoms with van der Waals surface area (Å²) in [6, 6.07) is 4.98. The van der Waals surface area contributed by atoms with Crippen LogP contribution in [0.3, 0.4) is 0 Å². The Balaban J connectivity index is 2.19. The molecule has 1 aliphatic rings. The van der Waals surface area contributed by atoms with Gasteiger partial charge in [0.25, 0.3) is 0 Å². The van der Waals surface area contributed by atoms with Crippen molar-refractivity contribution in [1.82, 2.24) is 4.90 Å². The first-order valence-corrected chi connectivity index (χ1v) is 6.42. The van der Waals surface area contributed by atoms with E-state index in [0.29, 0.717) is 13.0 Å². The number of rotatable bonds is 3. The van der Waals surface area contributed by atoms with Crippen LogP contribution in [0.4, 0.5) is 4.79 Å². The number of carbonyl (C=O) groups is 2. The molecule has 0 saturated carbocycles. The number of ether oxygens (including phenoxy) is 1. The van der Waals surface area contributed by atoms with Crippen LogP contribution in [-0.4, -0.2) is 34.7 Å². The number of benzene rings is 1. The molecule has 5 heteroatoms. The van der Waals surface area contributed by atoms with Gasteiger partial charge in [0.05, 0.1) is 5.56 Å². The predicted molar refractivity (Wildman–Crippen MR) is 73.7 cm³/mol. The summed E-state index contributed by atoms with van der Waals surface area (Å²) in [5.74, 6) is -0.937. The normalized spacial score (nSPS) is 17.2. The van der Waals surface area contributed by atoms with Crippen molar-refractivity contribution in [3.63, 3.8) is 0 Å². The first-order valence-electron chi connectivity index (χ1n) is 6.42. The summed E-state index contributed by atoms with van der Waals surface area (Å²) < 4.78 is 5.05. The summed E-state index contributed by atoms with van der Waals surface area (Å²) >= 11 is 0. The molecule has 0 aliphatic carbocycles. The second kappa shape index (κ2) is 5.77. The minimum atomic E-state index is -0.937. The van der Waals surface area contributed by atoms with E-state index >= 15 is 0 Å². The fourth-order valence-electron chi connectivity index (χ4n) is 2.33. The van der Waals surface area contributed by atoms with Gasteiger partial charge in [-0.15, -0.1) is 0 Å². The van der Waals surface area contributed by atoms with Crippen molar-refractivity contribution in [2.45, 2.75) is 25.9 Å². The van der Waals surface area contributed by atoms with Crippen LogP contribution < -0.4 is 0 Å². The third kappa shape index (κ3) is 2.82. The van der Waals surface area contributed by atoms with Gasteiger partial charge in [-0.05, 0) is 36.6 Å². The van der Waals surface area contributed by atoms with Crippen LogP contribution in [0.25, 0.3) is 0 Å². The van der Waals surface area contributed by atoms with Gasteiger partial charge in [0.15, 0.2) is 0 Å². The number of carbonyl (C=O) groups excluding carboxylic acids is 1. The molecule has 106 valence electrons. The highest BCUT2D eigenvalue weighted by atomic mass is 16.6. The van der Waals surface area contributed by atoms with E-state index in [1.54, 1.807) is 23.1 Å². The summed E-state index contributed by atoms with van der Waals surface area (Å²) in [5, 5.41) is 9.00. The van der Waals surface area contributed by atoms with Crippen LogP contribution in [0.1, 0.15) is 28.4 Å². The number of hydrogen-bond acceptors (Lipinski definition) is 3. The molecule has 1 atom stereocenters. The van der Waals surface area contributed by atoms with Gasteiger partial charge in [0.1, 0.15) is 6.61 Å². The fourth-order valence-corrected chi connectivity index (χ4v) is 2.33. The lowest BCUT2D eigenvalue weighted by molar-refractivity contribution is 0.0695. The molecule has 0 aromatic heterocycles. The van der Waals surface area contributed by atoms with Crippen LogP contribution in [0.5, 0.6) is 0 Å². The molecular formula is C15H17NO4. The second-order valence-electron chi connectivity index (χ2n) is 4.84. The molecule has 0 radical (unpaired) electrons. The van der Waals surface area contributed by atoms with Gasteiger partial charge in [-0.3, -0.25) is 0 Å². The molecular weight excluding hydrogens is 258 g/mol. The summed E-state index contributed by atoms with van der Waals surface area (Å²) in [4.78, 5) is 24.5. The van der Waals surface area contributed by atoms with Gasteiger partial charge in [0.2, 0.25) is 0 Å². The average Bonchev–Trinajstić information content (AvgIpc) is 2.43. The van der Waals surface area contributed by atoms with E-state index in [9.17, 15) is 9.59 Å². The van der Waals surface area contributed by atoms with Crippen molar-refractivity contribution in [2.24, 2.45) is 0 Å². The molecule has 0 spiro atoms. The highest BCUT2D eigenvalue weighted by molar-refractivity contribution is 5.88. The lowest BCUT2D eigenvalue weighted by atomic mass is 9.93. The first kappa shape index (κ1) is 14.1. The standard InChI is InChI=1S/C15H17NO4/c1-3-6-20-15(19)16-9-12-5-4-11(14(17)18)8-13(12)7-10(16)2/h3-5,8,10H,1,6-7,9H2,2H3,(H,17,18). The van der Waals surface area contributed by atoms with E-state index < -0.39 is 5.97 Å². The average molecular weight is 275 g/mol. The van der Waals surface area contributed by atoms with Crippen LogP contribution in [0.2, 0.25) is 0 Å². The van der Waals surface area contributed by atoms with E-state index in [2.05, 4.69) is 6.58 Å². The van der Waals surface area contributed by atoms with E-state index in [1.165, 1.54) is 6.08 Å². The molecule has 20 heavy (non-hydrogen) atoms. The Labute approximate surface area is 117 Å². The first-order chi connectivity index (χ1) is 9.52. The van der Waals surface area contributed by atoms with Gasteiger partial charge in [-0.25, -0.2) is 9.59 Å². The monoisotopic (exact) mass is 275 g/mol. The zero-order valence-corrected chi connectivity index (χ0v) is 11.3. The number of nitrogens with zero attached hydrogens (tertiary/aromatic N) is 1. The predicted octanol–water partition coefficient (Wildman–Crippen LogP) is 2.45. The number of aromatic carboxylic acids is 1. The van der Waals surface area contributed by atoms with Gasteiger partial charge in [-0.1, -0.05) is 18.7 Å². The number of hydrogen-bond donors (Lipinski definition) is 1. The maximum Gasteiger partial charge on any atom is 0.410 e. The van der Waals surface area contributed by atoms with E-state index in [0.717, 1.165) is 11.1 Å². The topological polar surface area (TPSA) is 66.8 Å². The summed E-state index contributed by atoms with van der Waals surface area (Å²) in [6.45, 7) is 6.05. The number of fused-ring (bicyclic) bond motifs is 1. The van der Waals surface area contributed by atoms with E-state index in [1.807, 2.05) is 6.92 Å². The molecule has 5 nitrogen and oxygen atoms in total. The van der Waals surface area contributed by atoms with E-state index in [-0.39, 0.29) is 24.3 Å². The SMILES string of the molecule is C=CCOC(=O)N1Cc2ccc(C(=O)O)cc2CC1C. The second-order valence-corrected chi connectivity index (χ2v) is 4.84. The molecule has 1 unspecified atom stereocenters. The molecule has 1 amide bonds. The number of carboxylic acid groups (broad SMARTS) is 1. The summed E-state index contributed by atoms with van der Waals surface area (Å²) in [7, 11) is 0. The molecule has 1 aromatic rings. The third-order valence-electron chi connectivity index (χ3n) is 3.40. The van der Waals surface area contributed by atoms with Crippen molar-refractivity contribution in [3.8, 4) is 0 Å². The lowest BCUT2D eigenvalue weighted by Crippen LogP contribution is -2.43. The maximum atomic E-state index is 11.9. The van der Waals surface area contributed by atoms with Crippen LogP contribution in [0, 0.1) is 0 Å². The Bertz CT molecular complexity index is 553. The molecule has 2 rings (SSSR count). The van der Waals surface area contributed by atoms with Crippen molar-refractivity contribution in [2.75, 3.05) is 6.61 Å². The lowest BCUT2D eigenvalue weighted by Gasteiger charge is -2.34. The van der Waals surface area contributed by atoms with Gasteiger partial charge >= 0.3 is 12.1 Å². The van der Waals surface area contributed by atoms with Crippen molar-refractivity contribution < 1.29 is 19.4 Å². The highest BCUT2D eigenvalue weighted by Crippen LogP contribution is 2.25. The van der Waals surface area contributed by atoms with Crippen molar-refractivity contribution >= 4 is 12.1 Å². The Morgan fingerprint density at radius 3 is 2.90 bits per heavy atom. The molecule has 1 aromatic carbocycles. The molecule has 1 N–H and O–H groups in total. The molecule has 0 fully saturated rings. The molecule has 0 bridgehead atoms.